The van der Waals surface area contributed by atoms with Gasteiger partial charge in [-0.3, -0.25) is 0 Å². The summed E-state index contributed by atoms with van der Waals surface area (Å²) in [5, 5.41) is 0. The molecule has 3 unspecified atom stereocenters. The van der Waals surface area contributed by atoms with Crippen molar-refractivity contribution >= 4 is 0 Å². The quantitative estimate of drug-likeness (QED) is 0.821. The van der Waals surface area contributed by atoms with Crippen LogP contribution >= 0.6 is 0 Å². The number of nitrogens with two attached hydrogens (primary N) is 1. The molecule has 106 valence electrons. The summed E-state index contributed by atoms with van der Waals surface area (Å²) in [4.78, 5) is 0. The van der Waals surface area contributed by atoms with Gasteiger partial charge in [0.2, 0.25) is 0 Å². The lowest BCUT2D eigenvalue weighted by Gasteiger charge is -2.45. The summed E-state index contributed by atoms with van der Waals surface area (Å²) in [7, 11) is 0. The van der Waals surface area contributed by atoms with Crippen LogP contribution in [0.1, 0.15) is 59.3 Å². The highest BCUT2D eigenvalue weighted by Gasteiger charge is 2.42. The van der Waals surface area contributed by atoms with E-state index in [0.29, 0.717) is 11.5 Å². The Labute approximate surface area is 111 Å². The summed E-state index contributed by atoms with van der Waals surface area (Å²) in [5.74, 6) is 0. The Morgan fingerprint density at radius 1 is 1.22 bits per heavy atom. The highest BCUT2D eigenvalue weighted by atomic mass is 16.6. The standard InChI is InChI=1S/C15H29NO2/c1-4-9-17-14-12(16)10-13(14)18-11-5-7-15(2,3)8-6-11/h11-14H,4-10,16H2,1-3H3. The molecular formula is C15H29NO2. The normalized spacial score (nSPS) is 36.3. The van der Waals surface area contributed by atoms with Gasteiger partial charge in [-0.2, -0.15) is 0 Å². The third kappa shape index (κ3) is 3.46. The van der Waals surface area contributed by atoms with Crippen molar-refractivity contribution in [1.29, 1.82) is 0 Å². The van der Waals surface area contributed by atoms with Gasteiger partial charge < -0.3 is 15.2 Å². The molecule has 0 aromatic heterocycles. The summed E-state index contributed by atoms with van der Waals surface area (Å²) in [5.41, 5.74) is 6.51. The molecule has 2 N–H and O–H groups in total. The minimum Gasteiger partial charge on any atom is -0.374 e. The second kappa shape index (κ2) is 5.89. The van der Waals surface area contributed by atoms with Gasteiger partial charge in [-0.15, -0.1) is 0 Å². The van der Waals surface area contributed by atoms with Crippen molar-refractivity contribution in [2.24, 2.45) is 11.1 Å². The van der Waals surface area contributed by atoms with Crippen LogP contribution in [-0.2, 0) is 9.47 Å². The zero-order chi connectivity index (χ0) is 13.2. The Bertz CT molecular complexity index is 257. The van der Waals surface area contributed by atoms with E-state index in [1.165, 1.54) is 25.7 Å². The van der Waals surface area contributed by atoms with Gasteiger partial charge in [-0.05, 0) is 43.9 Å². The third-order valence-electron chi connectivity index (χ3n) is 4.46. The van der Waals surface area contributed by atoms with Crippen LogP contribution in [0, 0.1) is 5.41 Å². The van der Waals surface area contributed by atoms with Gasteiger partial charge in [-0.1, -0.05) is 20.8 Å². The Morgan fingerprint density at radius 2 is 1.89 bits per heavy atom. The molecule has 0 radical (unpaired) electrons. The summed E-state index contributed by atoms with van der Waals surface area (Å²) in [6.07, 6.45) is 7.77. The lowest BCUT2D eigenvalue weighted by atomic mass is 9.76. The summed E-state index contributed by atoms with van der Waals surface area (Å²) < 4.78 is 12.0. The Hall–Kier alpha value is -0.120. The van der Waals surface area contributed by atoms with Crippen LogP contribution in [0.4, 0.5) is 0 Å². The van der Waals surface area contributed by atoms with Gasteiger partial charge in [0.05, 0.1) is 18.3 Å². The fourth-order valence-electron chi connectivity index (χ4n) is 2.99. The van der Waals surface area contributed by atoms with Crippen LogP contribution in [0.5, 0.6) is 0 Å². The van der Waals surface area contributed by atoms with Crippen LogP contribution in [0.15, 0.2) is 0 Å². The molecule has 3 nitrogen and oxygen atoms in total. The van der Waals surface area contributed by atoms with Gasteiger partial charge >= 0.3 is 0 Å². The molecule has 0 amide bonds. The zero-order valence-corrected chi connectivity index (χ0v) is 12.2. The molecule has 0 aromatic carbocycles. The SMILES string of the molecule is CCCOC1C(N)CC1OC1CCC(C)(C)CC1. The molecule has 0 bridgehead atoms. The summed E-state index contributed by atoms with van der Waals surface area (Å²) in [6, 6.07) is 0.182. The second-order valence-corrected chi connectivity index (χ2v) is 6.77. The maximum absolute atomic E-state index is 6.20. The number of ether oxygens (including phenoxy) is 2. The van der Waals surface area contributed by atoms with E-state index in [0.717, 1.165) is 19.4 Å². The van der Waals surface area contributed by atoms with Gasteiger partial charge in [0.1, 0.15) is 0 Å². The van der Waals surface area contributed by atoms with E-state index in [-0.39, 0.29) is 18.2 Å². The van der Waals surface area contributed by atoms with Crippen LogP contribution in [0.2, 0.25) is 0 Å². The fourth-order valence-corrected chi connectivity index (χ4v) is 2.99. The Morgan fingerprint density at radius 3 is 2.44 bits per heavy atom. The topological polar surface area (TPSA) is 44.5 Å². The van der Waals surface area contributed by atoms with Crippen molar-refractivity contribution in [2.45, 2.75) is 83.6 Å². The highest BCUT2D eigenvalue weighted by molar-refractivity contribution is 4.96. The molecule has 2 aliphatic carbocycles. The van der Waals surface area contributed by atoms with Crippen LogP contribution < -0.4 is 5.73 Å². The second-order valence-electron chi connectivity index (χ2n) is 6.77. The molecule has 0 heterocycles. The number of rotatable bonds is 5. The first-order chi connectivity index (χ1) is 8.52. The van der Waals surface area contributed by atoms with Crippen molar-refractivity contribution in [1.82, 2.24) is 0 Å². The van der Waals surface area contributed by atoms with E-state index in [2.05, 4.69) is 20.8 Å². The predicted molar refractivity (Wildman–Crippen MR) is 73.5 cm³/mol. The van der Waals surface area contributed by atoms with E-state index >= 15 is 0 Å². The average molecular weight is 255 g/mol. The van der Waals surface area contributed by atoms with Crippen molar-refractivity contribution in [3.63, 3.8) is 0 Å². The summed E-state index contributed by atoms with van der Waals surface area (Å²) >= 11 is 0. The molecule has 2 rings (SSSR count). The molecule has 2 fully saturated rings. The lowest BCUT2D eigenvalue weighted by molar-refractivity contribution is -0.169. The predicted octanol–water partition coefficient (Wildman–Crippen LogP) is 2.87. The maximum atomic E-state index is 6.20. The molecule has 2 aliphatic rings. The first-order valence-electron chi connectivity index (χ1n) is 7.54. The third-order valence-corrected chi connectivity index (χ3v) is 4.46. The van der Waals surface area contributed by atoms with Gasteiger partial charge in [-0.25, -0.2) is 0 Å². The molecule has 3 atom stereocenters. The maximum Gasteiger partial charge on any atom is 0.0988 e. The zero-order valence-electron chi connectivity index (χ0n) is 12.2. The van der Waals surface area contributed by atoms with Gasteiger partial charge in [0, 0.05) is 12.6 Å². The monoisotopic (exact) mass is 255 g/mol. The molecule has 0 aromatic rings. The Balaban J connectivity index is 1.73. The van der Waals surface area contributed by atoms with Crippen LogP contribution in [0.3, 0.4) is 0 Å². The fraction of sp³-hybridized carbons (Fsp3) is 1.00. The van der Waals surface area contributed by atoms with Gasteiger partial charge in [0.25, 0.3) is 0 Å². The minimum atomic E-state index is 0.139. The van der Waals surface area contributed by atoms with Crippen molar-refractivity contribution in [3.05, 3.63) is 0 Å². The van der Waals surface area contributed by atoms with E-state index in [1.807, 2.05) is 0 Å². The van der Waals surface area contributed by atoms with Crippen LogP contribution in [-0.4, -0.2) is 31.0 Å². The first-order valence-corrected chi connectivity index (χ1v) is 7.54. The Kier molecular flexibility index (Phi) is 4.68. The minimum absolute atomic E-state index is 0.139. The van der Waals surface area contributed by atoms with E-state index in [9.17, 15) is 0 Å². The number of hydrogen-bond acceptors (Lipinski definition) is 3. The molecular weight excluding hydrogens is 226 g/mol. The summed E-state index contributed by atoms with van der Waals surface area (Å²) in [6.45, 7) is 7.64. The molecule has 0 aliphatic heterocycles. The molecule has 3 heteroatoms. The van der Waals surface area contributed by atoms with Crippen LogP contribution in [0.25, 0.3) is 0 Å². The molecule has 2 saturated carbocycles. The largest absolute Gasteiger partial charge is 0.374 e. The number of hydrogen-bond donors (Lipinski definition) is 1. The van der Waals surface area contributed by atoms with E-state index in [1.54, 1.807) is 0 Å². The van der Waals surface area contributed by atoms with E-state index < -0.39 is 0 Å². The van der Waals surface area contributed by atoms with E-state index in [4.69, 9.17) is 15.2 Å². The first kappa shape index (κ1) is 14.3. The lowest BCUT2D eigenvalue weighted by Crippen LogP contribution is -2.59. The smallest absolute Gasteiger partial charge is 0.0988 e. The molecule has 0 saturated heterocycles. The molecule has 18 heavy (non-hydrogen) atoms. The van der Waals surface area contributed by atoms with Gasteiger partial charge in [0.15, 0.2) is 0 Å². The highest BCUT2D eigenvalue weighted by Crippen LogP contribution is 2.38. The van der Waals surface area contributed by atoms with Crippen molar-refractivity contribution in [3.8, 4) is 0 Å². The van der Waals surface area contributed by atoms with Crippen molar-refractivity contribution in [2.75, 3.05) is 6.61 Å². The molecule has 0 spiro atoms. The average Bonchev–Trinajstić information content (AvgIpc) is 2.31. The van der Waals surface area contributed by atoms with Crippen molar-refractivity contribution < 1.29 is 9.47 Å².